The highest BCUT2D eigenvalue weighted by Gasteiger charge is 2.13. The van der Waals surface area contributed by atoms with Crippen molar-refractivity contribution in [1.82, 2.24) is 5.32 Å². The summed E-state index contributed by atoms with van der Waals surface area (Å²) in [5.41, 5.74) is 0.868. The fourth-order valence-electron chi connectivity index (χ4n) is 1.94. The Morgan fingerprint density at radius 2 is 1.86 bits per heavy atom. The lowest BCUT2D eigenvalue weighted by atomic mass is 10.1. The molecule has 2 aromatic rings. The second-order valence-corrected chi connectivity index (χ2v) is 5.02. The largest absolute Gasteiger partial charge is 0.387 e. The first-order chi connectivity index (χ1) is 10.1. The van der Waals surface area contributed by atoms with Gasteiger partial charge in [-0.25, -0.2) is 4.39 Å². The molecule has 0 fully saturated rings. The number of hydrogen-bond acceptors (Lipinski definition) is 2. The van der Waals surface area contributed by atoms with Crippen LogP contribution in [0.1, 0.15) is 17.2 Å². The summed E-state index contributed by atoms with van der Waals surface area (Å²) in [6, 6.07) is 13.0. The first-order valence-corrected chi connectivity index (χ1v) is 6.88. The van der Waals surface area contributed by atoms with E-state index >= 15 is 0 Å². The molecule has 1 amide bonds. The van der Waals surface area contributed by atoms with E-state index in [1.54, 1.807) is 42.5 Å². The van der Waals surface area contributed by atoms with Crippen LogP contribution in [0.5, 0.6) is 0 Å². The van der Waals surface area contributed by atoms with Crippen LogP contribution >= 0.6 is 11.6 Å². The minimum atomic E-state index is -0.900. The van der Waals surface area contributed by atoms with Crippen LogP contribution in [0.25, 0.3) is 0 Å². The number of amides is 1. The lowest BCUT2D eigenvalue weighted by Gasteiger charge is -2.13. The van der Waals surface area contributed by atoms with Crippen molar-refractivity contribution in [2.45, 2.75) is 12.5 Å². The van der Waals surface area contributed by atoms with Crippen LogP contribution in [-0.2, 0) is 11.2 Å². The highest BCUT2D eigenvalue weighted by atomic mass is 35.5. The fraction of sp³-hybridized carbons (Fsp3) is 0.188. The minimum absolute atomic E-state index is 0.0248. The average molecular weight is 308 g/mol. The van der Waals surface area contributed by atoms with E-state index in [1.165, 1.54) is 6.07 Å². The van der Waals surface area contributed by atoms with E-state index in [4.69, 9.17) is 11.6 Å². The highest BCUT2D eigenvalue weighted by molar-refractivity contribution is 6.31. The molecule has 0 saturated carbocycles. The Kier molecular flexibility index (Phi) is 5.31. The van der Waals surface area contributed by atoms with Crippen molar-refractivity contribution in [3.8, 4) is 0 Å². The van der Waals surface area contributed by atoms with Crippen molar-refractivity contribution in [3.63, 3.8) is 0 Å². The number of halogens is 2. The molecular weight excluding hydrogens is 293 g/mol. The summed E-state index contributed by atoms with van der Waals surface area (Å²) in [6.07, 6.45) is -0.967. The molecule has 0 aliphatic carbocycles. The Labute approximate surface area is 127 Å². The second kappa shape index (κ2) is 7.20. The SMILES string of the molecule is O=C(Cc1ccccc1F)NC[C@@H](O)c1ccccc1Cl. The third-order valence-electron chi connectivity index (χ3n) is 3.07. The van der Waals surface area contributed by atoms with Crippen LogP contribution < -0.4 is 5.32 Å². The van der Waals surface area contributed by atoms with Gasteiger partial charge in [0.15, 0.2) is 0 Å². The quantitative estimate of drug-likeness (QED) is 0.892. The molecule has 0 aliphatic heterocycles. The third kappa shape index (κ3) is 4.28. The lowest BCUT2D eigenvalue weighted by molar-refractivity contribution is -0.120. The van der Waals surface area contributed by atoms with Gasteiger partial charge in [-0.1, -0.05) is 48.0 Å². The molecule has 3 nitrogen and oxygen atoms in total. The Morgan fingerprint density at radius 3 is 2.57 bits per heavy atom. The van der Waals surface area contributed by atoms with Crippen LogP contribution in [0.4, 0.5) is 4.39 Å². The fourth-order valence-corrected chi connectivity index (χ4v) is 2.20. The molecule has 110 valence electrons. The maximum absolute atomic E-state index is 13.4. The highest BCUT2D eigenvalue weighted by Crippen LogP contribution is 2.21. The summed E-state index contributed by atoms with van der Waals surface area (Å²) in [7, 11) is 0. The van der Waals surface area contributed by atoms with Crippen molar-refractivity contribution < 1.29 is 14.3 Å². The van der Waals surface area contributed by atoms with Gasteiger partial charge in [0.1, 0.15) is 5.82 Å². The third-order valence-corrected chi connectivity index (χ3v) is 3.41. The summed E-state index contributed by atoms with van der Waals surface area (Å²) in [5.74, 6) is -0.773. The van der Waals surface area contributed by atoms with Gasteiger partial charge in [-0.3, -0.25) is 4.79 Å². The smallest absolute Gasteiger partial charge is 0.224 e. The van der Waals surface area contributed by atoms with E-state index in [9.17, 15) is 14.3 Å². The molecule has 0 aliphatic rings. The van der Waals surface area contributed by atoms with Gasteiger partial charge >= 0.3 is 0 Å². The number of carbonyl (C=O) groups excluding carboxylic acids is 1. The van der Waals surface area contributed by atoms with Crippen LogP contribution in [0.2, 0.25) is 5.02 Å². The monoisotopic (exact) mass is 307 g/mol. The second-order valence-electron chi connectivity index (χ2n) is 4.61. The van der Waals surface area contributed by atoms with Gasteiger partial charge in [0.25, 0.3) is 0 Å². The zero-order valence-electron chi connectivity index (χ0n) is 11.2. The topological polar surface area (TPSA) is 49.3 Å². The summed E-state index contributed by atoms with van der Waals surface area (Å²) >= 11 is 5.96. The van der Waals surface area contributed by atoms with Crippen molar-refractivity contribution >= 4 is 17.5 Å². The summed E-state index contributed by atoms with van der Waals surface area (Å²) in [4.78, 5) is 11.8. The molecule has 2 N–H and O–H groups in total. The van der Waals surface area contributed by atoms with Crippen molar-refractivity contribution in [2.24, 2.45) is 0 Å². The number of aliphatic hydroxyl groups is 1. The van der Waals surface area contributed by atoms with E-state index in [0.717, 1.165) is 0 Å². The zero-order chi connectivity index (χ0) is 15.2. The van der Waals surface area contributed by atoms with Gasteiger partial charge in [-0.05, 0) is 17.7 Å². The zero-order valence-corrected chi connectivity index (χ0v) is 12.0. The normalized spacial score (nSPS) is 12.0. The number of nitrogens with one attached hydrogen (secondary N) is 1. The van der Waals surface area contributed by atoms with Crippen LogP contribution in [0, 0.1) is 5.82 Å². The number of hydrogen-bond donors (Lipinski definition) is 2. The van der Waals surface area contributed by atoms with Crippen molar-refractivity contribution in [3.05, 3.63) is 70.5 Å². The molecule has 5 heteroatoms. The van der Waals surface area contributed by atoms with Crippen LogP contribution in [0.3, 0.4) is 0 Å². The van der Waals surface area contributed by atoms with Gasteiger partial charge in [0.2, 0.25) is 5.91 Å². The maximum atomic E-state index is 13.4. The Hall–Kier alpha value is -1.91. The molecule has 0 bridgehead atoms. The van der Waals surface area contributed by atoms with E-state index in [1.807, 2.05) is 0 Å². The summed E-state index contributed by atoms with van der Waals surface area (Å²) < 4.78 is 13.4. The van der Waals surface area contributed by atoms with Crippen LogP contribution in [-0.4, -0.2) is 17.6 Å². The molecule has 0 spiro atoms. The predicted molar refractivity (Wildman–Crippen MR) is 79.5 cm³/mol. The van der Waals surface area contributed by atoms with Gasteiger partial charge in [0.05, 0.1) is 12.5 Å². The first-order valence-electron chi connectivity index (χ1n) is 6.50. The molecule has 0 heterocycles. The van der Waals surface area contributed by atoms with E-state index in [-0.39, 0.29) is 18.9 Å². The maximum Gasteiger partial charge on any atom is 0.224 e. The van der Waals surface area contributed by atoms with Crippen molar-refractivity contribution in [1.29, 1.82) is 0 Å². The Balaban J connectivity index is 1.90. The Bertz CT molecular complexity index is 633. The molecule has 0 aromatic heterocycles. The molecule has 0 unspecified atom stereocenters. The average Bonchev–Trinajstić information content (AvgIpc) is 2.48. The predicted octanol–water partition coefficient (Wildman–Crippen LogP) is 2.87. The molecule has 0 radical (unpaired) electrons. The molecule has 0 saturated heterocycles. The molecule has 21 heavy (non-hydrogen) atoms. The van der Waals surface area contributed by atoms with Gasteiger partial charge in [-0.15, -0.1) is 0 Å². The standard InChI is InChI=1S/C16H15ClFNO2/c17-13-7-3-2-6-12(13)15(20)10-19-16(21)9-11-5-1-4-8-14(11)18/h1-8,15,20H,9-10H2,(H,19,21)/t15-/m1/s1. The summed E-state index contributed by atoms with van der Waals surface area (Å²) in [5, 5.41) is 13.0. The summed E-state index contributed by atoms with van der Waals surface area (Å²) in [6.45, 7) is 0.0248. The van der Waals surface area contributed by atoms with E-state index in [2.05, 4.69) is 5.32 Å². The number of rotatable bonds is 5. The van der Waals surface area contributed by atoms with E-state index in [0.29, 0.717) is 16.1 Å². The molecule has 2 rings (SSSR count). The van der Waals surface area contributed by atoms with Crippen molar-refractivity contribution in [2.75, 3.05) is 6.54 Å². The van der Waals surface area contributed by atoms with Gasteiger partial charge in [0, 0.05) is 17.1 Å². The van der Waals surface area contributed by atoms with E-state index < -0.39 is 11.9 Å². The molecule has 2 aromatic carbocycles. The minimum Gasteiger partial charge on any atom is -0.387 e. The lowest BCUT2D eigenvalue weighted by Crippen LogP contribution is -2.30. The number of aliphatic hydroxyl groups excluding tert-OH is 1. The Morgan fingerprint density at radius 1 is 1.19 bits per heavy atom. The number of carbonyl (C=O) groups is 1. The molecule has 1 atom stereocenters. The van der Waals surface area contributed by atoms with Gasteiger partial charge in [-0.2, -0.15) is 0 Å². The molecular formula is C16H15ClFNO2. The number of benzene rings is 2. The van der Waals surface area contributed by atoms with Crippen LogP contribution in [0.15, 0.2) is 48.5 Å². The first kappa shape index (κ1) is 15.5. The van der Waals surface area contributed by atoms with Gasteiger partial charge < -0.3 is 10.4 Å².